The van der Waals surface area contributed by atoms with Crippen molar-refractivity contribution in [3.8, 4) is 11.5 Å². The number of pyridine rings is 1. The first kappa shape index (κ1) is 18.1. The fraction of sp³-hybridized carbons (Fsp3) is 0.286. The average Bonchev–Trinajstić information content (AvgIpc) is 2.74. The first-order valence-corrected chi connectivity index (χ1v) is 9.93. The van der Waals surface area contributed by atoms with Gasteiger partial charge in [0.05, 0.1) is 6.61 Å². The smallest absolute Gasteiger partial charge is 0.180 e. The van der Waals surface area contributed by atoms with Crippen molar-refractivity contribution >= 4 is 21.7 Å². The minimum absolute atomic E-state index is 0.0326. The molecule has 1 aliphatic rings. The molecule has 0 aliphatic carbocycles. The van der Waals surface area contributed by atoms with Crippen molar-refractivity contribution in [1.29, 1.82) is 0 Å². The minimum atomic E-state index is 0.0326. The summed E-state index contributed by atoms with van der Waals surface area (Å²) in [5.41, 5.74) is 3.00. The molecule has 0 saturated carbocycles. The fourth-order valence-corrected chi connectivity index (χ4v) is 3.44. The van der Waals surface area contributed by atoms with E-state index in [0.717, 1.165) is 41.2 Å². The lowest BCUT2D eigenvalue weighted by Gasteiger charge is -2.34. The maximum atomic E-state index is 6.01. The Morgan fingerprint density at radius 1 is 1.15 bits per heavy atom. The van der Waals surface area contributed by atoms with E-state index in [2.05, 4.69) is 68.1 Å². The van der Waals surface area contributed by atoms with Crippen LogP contribution in [0.4, 0.5) is 5.82 Å². The lowest BCUT2D eigenvalue weighted by Crippen LogP contribution is -2.39. The highest BCUT2D eigenvalue weighted by Gasteiger charge is 2.24. The van der Waals surface area contributed by atoms with E-state index in [9.17, 15) is 0 Å². The van der Waals surface area contributed by atoms with Gasteiger partial charge in [0.2, 0.25) is 0 Å². The molecule has 3 aromatic rings. The Labute approximate surface area is 167 Å². The molecule has 1 saturated heterocycles. The molecular weight excluding hydrogens is 404 g/mol. The number of ether oxygens (including phenoxy) is 1. The highest BCUT2D eigenvalue weighted by atomic mass is 79.9. The van der Waals surface area contributed by atoms with Crippen molar-refractivity contribution in [2.45, 2.75) is 19.4 Å². The van der Waals surface area contributed by atoms with Crippen molar-refractivity contribution in [3.63, 3.8) is 0 Å². The van der Waals surface area contributed by atoms with Crippen LogP contribution in [-0.2, 0) is 11.2 Å². The molecule has 2 aromatic heterocycles. The van der Waals surface area contributed by atoms with E-state index in [1.54, 1.807) is 6.20 Å². The first-order chi connectivity index (χ1) is 13.2. The second-order valence-electron chi connectivity index (χ2n) is 6.47. The summed E-state index contributed by atoms with van der Waals surface area (Å²) in [6.45, 7) is 4.36. The van der Waals surface area contributed by atoms with Gasteiger partial charge in [0.15, 0.2) is 5.82 Å². The van der Waals surface area contributed by atoms with Crippen molar-refractivity contribution < 1.29 is 4.74 Å². The van der Waals surface area contributed by atoms with Crippen LogP contribution in [0, 0.1) is 0 Å². The lowest BCUT2D eigenvalue weighted by atomic mass is 10.1. The van der Waals surface area contributed by atoms with Gasteiger partial charge in [-0.3, -0.25) is 4.98 Å². The molecule has 1 unspecified atom stereocenters. The summed E-state index contributed by atoms with van der Waals surface area (Å²) in [7, 11) is 0. The molecule has 3 heterocycles. The number of hydrogen-bond donors (Lipinski definition) is 0. The zero-order chi connectivity index (χ0) is 18.6. The molecule has 27 heavy (non-hydrogen) atoms. The molecule has 0 spiro atoms. The number of halogens is 1. The predicted molar refractivity (Wildman–Crippen MR) is 110 cm³/mol. The van der Waals surface area contributed by atoms with Crippen LogP contribution < -0.4 is 4.90 Å². The highest BCUT2D eigenvalue weighted by molar-refractivity contribution is 9.10. The lowest BCUT2D eigenvalue weighted by molar-refractivity contribution is 0.0395. The van der Waals surface area contributed by atoms with E-state index < -0.39 is 0 Å². The number of aromatic nitrogens is 3. The van der Waals surface area contributed by atoms with E-state index >= 15 is 0 Å². The zero-order valence-corrected chi connectivity index (χ0v) is 16.8. The van der Waals surface area contributed by atoms with Gasteiger partial charge in [-0.2, -0.15) is 0 Å². The fourth-order valence-electron chi connectivity index (χ4n) is 3.17. The van der Waals surface area contributed by atoms with Gasteiger partial charge in [0.1, 0.15) is 17.6 Å². The van der Waals surface area contributed by atoms with Crippen LogP contribution in [0.25, 0.3) is 11.5 Å². The Hall–Kier alpha value is -2.31. The summed E-state index contributed by atoms with van der Waals surface area (Å²) in [5, 5.41) is 0. The third kappa shape index (κ3) is 4.17. The number of aryl methyl sites for hydroxylation is 1. The Morgan fingerprint density at radius 2 is 2.00 bits per heavy atom. The first-order valence-electron chi connectivity index (χ1n) is 9.14. The monoisotopic (exact) mass is 424 g/mol. The third-order valence-corrected chi connectivity index (χ3v) is 5.18. The van der Waals surface area contributed by atoms with Gasteiger partial charge in [0.25, 0.3) is 0 Å². The Bertz CT molecular complexity index is 902. The Morgan fingerprint density at radius 3 is 2.74 bits per heavy atom. The molecule has 0 amide bonds. The molecule has 0 bridgehead atoms. The van der Waals surface area contributed by atoms with Gasteiger partial charge >= 0.3 is 0 Å². The van der Waals surface area contributed by atoms with E-state index in [0.29, 0.717) is 12.4 Å². The van der Waals surface area contributed by atoms with Crippen molar-refractivity contribution in [2.75, 3.05) is 24.6 Å². The second kappa shape index (κ2) is 8.15. The molecule has 1 fully saturated rings. The van der Waals surface area contributed by atoms with Crippen LogP contribution in [0.1, 0.15) is 24.3 Å². The van der Waals surface area contributed by atoms with Crippen LogP contribution in [-0.4, -0.2) is 34.6 Å². The summed E-state index contributed by atoms with van der Waals surface area (Å²) in [4.78, 5) is 16.2. The number of anilines is 1. The molecule has 1 atom stereocenters. The van der Waals surface area contributed by atoms with Gasteiger partial charge in [-0.25, -0.2) is 9.97 Å². The van der Waals surface area contributed by atoms with Gasteiger partial charge in [-0.15, -0.1) is 0 Å². The molecule has 1 aliphatic heterocycles. The van der Waals surface area contributed by atoms with Crippen LogP contribution >= 0.6 is 15.9 Å². The maximum Gasteiger partial charge on any atom is 0.180 e. The van der Waals surface area contributed by atoms with Crippen LogP contribution in [0.15, 0.2) is 59.2 Å². The van der Waals surface area contributed by atoms with Crippen LogP contribution in [0.3, 0.4) is 0 Å². The summed E-state index contributed by atoms with van der Waals surface area (Å²) in [6, 6.07) is 16.2. The second-order valence-corrected chi connectivity index (χ2v) is 7.38. The van der Waals surface area contributed by atoms with Crippen LogP contribution in [0.2, 0.25) is 0 Å². The quantitative estimate of drug-likeness (QED) is 0.619. The van der Waals surface area contributed by atoms with E-state index in [1.807, 2.05) is 18.2 Å². The van der Waals surface area contributed by atoms with E-state index in [-0.39, 0.29) is 6.10 Å². The summed E-state index contributed by atoms with van der Waals surface area (Å²) >= 11 is 3.49. The molecule has 5 nitrogen and oxygen atoms in total. The normalized spacial score (nSPS) is 17.1. The van der Waals surface area contributed by atoms with Gasteiger partial charge in [-0.05, 0) is 36.2 Å². The average molecular weight is 425 g/mol. The summed E-state index contributed by atoms with van der Waals surface area (Å²) in [6.07, 6.45) is 2.66. The maximum absolute atomic E-state index is 6.01. The number of nitrogens with zero attached hydrogens (tertiary/aromatic N) is 4. The SMILES string of the molecule is CCc1cc(N2CCOC(c3ccc(Br)cc3)C2)nc(-c2ccccn2)n1. The van der Waals surface area contributed by atoms with Crippen molar-refractivity contribution in [3.05, 3.63) is 70.5 Å². The van der Waals surface area contributed by atoms with Gasteiger partial charge < -0.3 is 9.64 Å². The molecule has 4 rings (SSSR count). The third-order valence-electron chi connectivity index (χ3n) is 4.65. The number of rotatable bonds is 4. The Balaban J connectivity index is 1.63. The van der Waals surface area contributed by atoms with E-state index in [4.69, 9.17) is 9.72 Å². The van der Waals surface area contributed by atoms with Crippen molar-refractivity contribution in [1.82, 2.24) is 15.0 Å². The minimum Gasteiger partial charge on any atom is -0.370 e. The number of morpholine rings is 1. The van der Waals surface area contributed by atoms with Gasteiger partial charge in [-0.1, -0.05) is 41.1 Å². The number of hydrogen-bond acceptors (Lipinski definition) is 5. The predicted octanol–water partition coefficient (Wildman–Crippen LogP) is 4.44. The largest absolute Gasteiger partial charge is 0.370 e. The van der Waals surface area contributed by atoms with E-state index in [1.165, 1.54) is 5.56 Å². The standard InChI is InChI=1S/C21H21BrN4O/c1-2-17-13-20(25-21(24-17)18-5-3-4-10-23-18)26-11-12-27-19(14-26)15-6-8-16(22)9-7-15/h3-10,13,19H,2,11-12,14H2,1H3. The topological polar surface area (TPSA) is 51.1 Å². The molecule has 0 N–H and O–H groups in total. The van der Waals surface area contributed by atoms with Crippen molar-refractivity contribution in [2.24, 2.45) is 0 Å². The molecule has 1 aromatic carbocycles. The van der Waals surface area contributed by atoms with Crippen LogP contribution in [0.5, 0.6) is 0 Å². The number of benzene rings is 1. The van der Waals surface area contributed by atoms with Gasteiger partial charge in [0, 0.05) is 35.5 Å². The summed E-state index contributed by atoms with van der Waals surface area (Å²) < 4.78 is 7.09. The Kier molecular flexibility index (Phi) is 5.45. The molecular formula is C21H21BrN4O. The zero-order valence-electron chi connectivity index (χ0n) is 15.2. The molecule has 6 heteroatoms. The summed E-state index contributed by atoms with van der Waals surface area (Å²) in [5.74, 6) is 1.62. The molecule has 0 radical (unpaired) electrons. The highest BCUT2D eigenvalue weighted by Crippen LogP contribution is 2.27. The molecule has 138 valence electrons.